The van der Waals surface area contributed by atoms with Gasteiger partial charge in [0.05, 0.1) is 24.7 Å². The van der Waals surface area contributed by atoms with E-state index in [1.54, 1.807) is 6.20 Å². The first kappa shape index (κ1) is 11.7. The molecule has 82 valence electrons. The van der Waals surface area contributed by atoms with Gasteiger partial charge in [0.15, 0.2) is 0 Å². The van der Waals surface area contributed by atoms with E-state index in [1.807, 2.05) is 13.8 Å². The molecule has 0 radical (unpaired) electrons. The van der Waals surface area contributed by atoms with Crippen molar-refractivity contribution in [3.63, 3.8) is 0 Å². The quantitative estimate of drug-likeness (QED) is 0.804. The number of rotatable bonds is 5. The number of nitrogens with zero attached hydrogens (tertiary/aromatic N) is 2. The fraction of sp³-hybridized carbons (Fsp3) is 0.636. The molecule has 0 saturated carbocycles. The van der Waals surface area contributed by atoms with Crippen LogP contribution in [0.25, 0.3) is 0 Å². The van der Waals surface area contributed by atoms with E-state index in [0.29, 0.717) is 12.3 Å². The smallest absolute Gasteiger partial charge is 0.211 e. The second-order valence-corrected chi connectivity index (χ2v) is 3.66. The lowest BCUT2D eigenvalue weighted by molar-refractivity contribution is 0.365. The maximum Gasteiger partial charge on any atom is 0.211 e. The van der Waals surface area contributed by atoms with Crippen molar-refractivity contribution in [1.82, 2.24) is 10.3 Å². The van der Waals surface area contributed by atoms with Gasteiger partial charge in [-0.2, -0.15) is 5.26 Å². The molecule has 1 N–H and O–H groups in total. The number of nitrogens with one attached hydrogen (secondary N) is 1. The third-order valence-electron chi connectivity index (χ3n) is 2.33. The molecule has 0 aliphatic rings. The highest BCUT2D eigenvalue weighted by Crippen LogP contribution is 2.14. The minimum absolute atomic E-state index is 0.0528. The van der Waals surface area contributed by atoms with Crippen LogP contribution in [0, 0.1) is 18.3 Å². The number of hydrogen-bond donors (Lipinski definition) is 1. The molecular formula is C11H17N3O. The van der Waals surface area contributed by atoms with Crippen LogP contribution in [-0.2, 0) is 0 Å². The molecule has 1 aromatic heterocycles. The van der Waals surface area contributed by atoms with Crippen LogP contribution in [-0.4, -0.2) is 11.0 Å². The molecular weight excluding hydrogens is 190 g/mol. The molecule has 0 aliphatic carbocycles. The summed E-state index contributed by atoms with van der Waals surface area (Å²) < 4.78 is 5.41. The van der Waals surface area contributed by atoms with Crippen molar-refractivity contribution in [3.05, 3.63) is 17.8 Å². The molecule has 1 heterocycles. The summed E-state index contributed by atoms with van der Waals surface area (Å²) in [7, 11) is 0. The Morgan fingerprint density at radius 3 is 2.87 bits per heavy atom. The summed E-state index contributed by atoms with van der Waals surface area (Å²) in [5.41, 5.74) is 0. The van der Waals surface area contributed by atoms with Gasteiger partial charge in [0.2, 0.25) is 5.89 Å². The Kier molecular flexibility index (Phi) is 4.32. The molecule has 2 atom stereocenters. The Balaban J connectivity index is 2.54. The minimum Gasteiger partial charge on any atom is -0.444 e. The number of aryl methyl sites for hydroxylation is 1. The maximum atomic E-state index is 8.63. The van der Waals surface area contributed by atoms with E-state index in [9.17, 15) is 0 Å². The topological polar surface area (TPSA) is 61.9 Å². The highest BCUT2D eigenvalue weighted by atomic mass is 16.4. The largest absolute Gasteiger partial charge is 0.444 e. The molecule has 0 aliphatic heterocycles. The molecule has 1 rings (SSSR count). The Bertz CT molecular complexity index is 340. The average molecular weight is 207 g/mol. The van der Waals surface area contributed by atoms with E-state index < -0.39 is 0 Å². The van der Waals surface area contributed by atoms with Gasteiger partial charge >= 0.3 is 0 Å². The summed E-state index contributed by atoms with van der Waals surface area (Å²) in [4.78, 5) is 4.15. The van der Waals surface area contributed by atoms with Gasteiger partial charge in [-0.3, -0.25) is 0 Å². The van der Waals surface area contributed by atoms with Gasteiger partial charge < -0.3 is 9.73 Å². The van der Waals surface area contributed by atoms with Crippen LogP contribution in [0.2, 0.25) is 0 Å². The zero-order valence-electron chi connectivity index (χ0n) is 9.45. The highest BCUT2D eigenvalue weighted by Gasteiger charge is 2.15. The molecule has 0 amide bonds. The zero-order valence-corrected chi connectivity index (χ0v) is 9.45. The molecule has 4 heteroatoms. The predicted molar refractivity (Wildman–Crippen MR) is 57.1 cm³/mol. The lowest BCUT2D eigenvalue weighted by Gasteiger charge is -2.17. The lowest BCUT2D eigenvalue weighted by atomic mass is 10.1. The normalized spacial score (nSPS) is 14.5. The van der Waals surface area contributed by atoms with Gasteiger partial charge in [0.1, 0.15) is 5.76 Å². The molecule has 15 heavy (non-hydrogen) atoms. The Morgan fingerprint density at radius 2 is 2.40 bits per heavy atom. The summed E-state index contributed by atoms with van der Waals surface area (Å²) in [5.74, 6) is 1.50. The van der Waals surface area contributed by atoms with Crippen molar-refractivity contribution in [2.24, 2.45) is 0 Å². The SMILES string of the molecule is CCC(CC#N)NC(C)c1ncc(C)o1. The van der Waals surface area contributed by atoms with Crippen molar-refractivity contribution in [1.29, 1.82) is 5.26 Å². The summed E-state index contributed by atoms with van der Waals surface area (Å²) in [6.07, 6.45) is 3.15. The lowest BCUT2D eigenvalue weighted by Crippen LogP contribution is -2.30. The number of hydrogen-bond acceptors (Lipinski definition) is 4. The fourth-order valence-electron chi connectivity index (χ4n) is 1.43. The Labute approximate surface area is 90.3 Å². The van der Waals surface area contributed by atoms with Gasteiger partial charge in [-0.1, -0.05) is 6.92 Å². The van der Waals surface area contributed by atoms with Crippen molar-refractivity contribution < 1.29 is 4.42 Å². The van der Waals surface area contributed by atoms with Gasteiger partial charge in [-0.05, 0) is 20.3 Å². The summed E-state index contributed by atoms with van der Waals surface area (Å²) in [6.45, 7) is 5.92. The van der Waals surface area contributed by atoms with Crippen LogP contribution in [0.15, 0.2) is 10.6 Å². The first-order valence-corrected chi connectivity index (χ1v) is 5.22. The van der Waals surface area contributed by atoms with Gasteiger partial charge in [0.25, 0.3) is 0 Å². The van der Waals surface area contributed by atoms with E-state index in [0.717, 1.165) is 12.2 Å². The molecule has 4 nitrogen and oxygen atoms in total. The third kappa shape index (κ3) is 3.37. The fourth-order valence-corrected chi connectivity index (χ4v) is 1.43. The van der Waals surface area contributed by atoms with Gasteiger partial charge in [-0.25, -0.2) is 4.98 Å². The summed E-state index contributed by atoms with van der Waals surface area (Å²) >= 11 is 0. The molecule has 0 spiro atoms. The van der Waals surface area contributed by atoms with Crippen LogP contribution in [0.5, 0.6) is 0 Å². The van der Waals surface area contributed by atoms with E-state index in [2.05, 4.69) is 23.3 Å². The minimum atomic E-state index is 0.0528. The summed E-state index contributed by atoms with van der Waals surface area (Å²) in [5, 5.41) is 11.9. The molecule has 0 aromatic carbocycles. The predicted octanol–water partition coefficient (Wildman–Crippen LogP) is 2.33. The van der Waals surface area contributed by atoms with Crippen LogP contribution >= 0.6 is 0 Å². The van der Waals surface area contributed by atoms with Crippen molar-refractivity contribution >= 4 is 0 Å². The van der Waals surface area contributed by atoms with E-state index in [1.165, 1.54) is 0 Å². The van der Waals surface area contributed by atoms with E-state index in [-0.39, 0.29) is 12.1 Å². The Morgan fingerprint density at radius 1 is 1.67 bits per heavy atom. The van der Waals surface area contributed by atoms with Crippen molar-refractivity contribution in [2.75, 3.05) is 0 Å². The molecule has 2 unspecified atom stereocenters. The number of nitriles is 1. The van der Waals surface area contributed by atoms with Crippen LogP contribution < -0.4 is 5.32 Å². The first-order valence-electron chi connectivity index (χ1n) is 5.22. The maximum absolute atomic E-state index is 8.63. The van der Waals surface area contributed by atoms with Crippen molar-refractivity contribution in [2.45, 2.75) is 45.7 Å². The second kappa shape index (κ2) is 5.52. The molecule has 1 aromatic rings. The Hall–Kier alpha value is -1.34. The van der Waals surface area contributed by atoms with Crippen molar-refractivity contribution in [3.8, 4) is 6.07 Å². The monoisotopic (exact) mass is 207 g/mol. The third-order valence-corrected chi connectivity index (χ3v) is 2.33. The van der Waals surface area contributed by atoms with Crippen LogP contribution in [0.4, 0.5) is 0 Å². The first-order chi connectivity index (χ1) is 7.17. The van der Waals surface area contributed by atoms with Crippen LogP contribution in [0.3, 0.4) is 0 Å². The number of aromatic nitrogens is 1. The standard InChI is InChI=1S/C11H17N3O/c1-4-10(5-6-12)14-9(3)11-13-7-8(2)15-11/h7,9-10,14H,4-5H2,1-3H3. The summed E-state index contributed by atoms with van der Waals surface area (Å²) in [6, 6.07) is 2.43. The average Bonchev–Trinajstić information content (AvgIpc) is 2.64. The number of oxazole rings is 1. The molecule has 0 bridgehead atoms. The van der Waals surface area contributed by atoms with E-state index in [4.69, 9.17) is 9.68 Å². The zero-order chi connectivity index (χ0) is 11.3. The van der Waals surface area contributed by atoms with Gasteiger partial charge in [-0.15, -0.1) is 0 Å². The molecule has 0 fully saturated rings. The van der Waals surface area contributed by atoms with Gasteiger partial charge in [0, 0.05) is 6.04 Å². The highest BCUT2D eigenvalue weighted by molar-refractivity contribution is 4.96. The van der Waals surface area contributed by atoms with E-state index >= 15 is 0 Å². The molecule has 0 saturated heterocycles. The second-order valence-electron chi connectivity index (χ2n) is 3.66. The van der Waals surface area contributed by atoms with Crippen LogP contribution in [0.1, 0.15) is 44.4 Å².